The molecule has 6 nitrogen and oxygen atoms in total. The lowest BCUT2D eigenvalue weighted by atomic mass is 10.1. The molecular formula is C60H108O6. The first-order valence-electron chi connectivity index (χ1n) is 28.7. The van der Waals surface area contributed by atoms with E-state index in [4.69, 9.17) is 14.2 Å². The van der Waals surface area contributed by atoms with Crippen molar-refractivity contribution in [1.29, 1.82) is 0 Å². The van der Waals surface area contributed by atoms with Crippen molar-refractivity contribution in [3.8, 4) is 0 Å². The van der Waals surface area contributed by atoms with E-state index in [9.17, 15) is 14.4 Å². The van der Waals surface area contributed by atoms with Gasteiger partial charge in [-0.05, 0) is 89.9 Å². The summed E-state index contributed by atoms with van der Waals surface area (Å²) in [5.74, 6) is -0.889. The molecule has 66 heavy (non-hydrogen) atoms. The highest BCUT2D eigenvalue weighted by Crippen LogP contribution is 2.16. The minimum atomic E-state index is -0.780. The second-order valence-corrected chi connectivity index (χ2v) is 19.2. The van der Waals surface area contributed by atoms with Gasteiger partial charge in [-0.3, -0.25) is 14.4 Å². The average Bonchev–Trinajstić information content (AvgIpc) is 3.31. The van der Waals surface area contributed by atoms with E-state index in [2.05, 4.69) is 69.4 Å². The molecule has 0 bridgehead atoms. The van der Waals surface area contributed by atoms with Gasteiger partial charge in [0.25, 0.3) is 0 Å². The molecule has 0 radical (unpaired) electrons. The zero-order valence-electron chi connectivity index (χ0n) is 44.0. The van der Waals surface area contributed by atoms with Crippen LogP contribution in [0.25, 0.3) is 0 Å². The van der Waals surface area contributed by atoms with Crippen molar-refractivity contribution in [2.45, 2.75) is 303 Å². The van der Waals surface area contributed by atoms with Crippen LogP contribution in [-0.2, 0) is 28.6 Å². The molecule has 1 atom stereocenters. The summed E-state index contributed by atoms with van der Waals surface area (Å²) in [6, 6.07) is 0. The van der Waals surface area contributed by atoms with E-state index >= 15 is 0 Å². The van der Waals surface area contributed by atoms with Crippen molar-refractivity contribution in [3.63, 3.8) is 0 Å². The molecule has 0 spiro atoms. The first-order chi connectivity index (χ1) is 32.5. The SMILES string of the molecule is CCCC/C=C\CCCCCCC(=O)OCC(COC(=O)CCCCCCCCCCCC/C=C\C=C/CCCCC)OC(=O)CCCCCCCCC/C=C\CCCCCCCCCC. The Morgan fingerprint density at radius 2 is 0.561 bits per heavy atom. The van der Waals surface area contributed by atoms with Gasteiger partial charge in [-0.25, -0.2) is 0 Å². The van der Waals surface area contributed by atoms with Crippen molar-refractivity contribution in [1.82, 2.24) is 0 Å². The van der Waals surface area contributed by atoms with Crippen LogP contribution in [0.15, 0.2) is 48.6 Å². The lowest BCUT2D eigenvalue weighted by Gasteiger charge is -2.18. The van der Waals surface area contributed by atoms with E-state index < -0.39 is 6.10 Å². The average molecular weight is 926 g/mol. The maximum Gasteiger partial charge on any atom is 0.306 e. The highest BCUT2D eigenvalue weighted by molar-refractivity contribution is 5.71. The smallest absolute Gasteiger partial charge is 0.306 e. The van der Waals surface area contributed by atoms with Gasteiger partial charge in [0, 0.05) is 19.3 Å². The van der Waals surface area contributed by atoms with E-state index in [1.54, 1.807) is 0 Å². The number of unbranched alkanes of at least 4 members (excludes halogenated alkanes) is 34. The van der Waals surface area contributed by atoms with Gasteiger partial charge in [0.2, 0.25) is 0 Å². The van der Waals surface area contributed by atoms with Gasteiger partial charge < -0.3 is 14.2 Å². The molecule has 0 heterocycles. The molecule has 0 rings (SSSR count). The Morgan fingerprint density at radius 1 is 0.303 bits per heavy atom. The maximum atomic E-state index is 12.8. The number of rotatable bonds is 52. The lowest BCUT2D eigenvalue weighted by Crippen LogP contribution is -2.30. The molecule has 0 aliphatic heterocycles. The quantitative estimate of drug-likeness (QED) is 0.0199. The third-order valence-corrected chi connectivity index (χ3v) is 12.6. The summed E-state index contributed by atoms with van der Waals surface area (Å²) in [5, 5.41) is 0. The number of hydrogen-bond acceptors (Lipinski definition) is 6. The summed E-state index contributed by atoms with van der Waals surface area (Å²) in [6.07, 6.45) is 66.8. The topological polar surface area (TPSA) is 78.9 Å². The Hall–Kier alpha value is -2.63. The molecule has 0 aromatic rings. The molecular weight excluding hydrogens is 817 g/mol. The van der Waals surface area contributed by atoms with Gasteiger partial charge >= 0.3 is 17.9 Å². The largest absolute Gasteiger partial charge is 0.462 e. The molecule has 6 heteroatoms. The number of ether oxygens (including phenoxy) is 3. The molecule has 0 saturated heterocycles. The molecule has 0 fully saturated rings. The Balaban J connectivity index is 4.30. The molecule has 0 amide bonds. The second-order valence-electron chi connectivity index (χ2n) is 19.2. The van der Waals surface area contributed by atoms with Crippen molar-refractivity contribution in [2.75, 3.05) is 13.2 Å². The van der Waals surface area contributed by atoms with Crippen LogP contribution < -0.4 is 0 Å². The summed E-state index contributed by atoms with van der Waals surface area (Å²) in [4.78, 5) is 38.1. The van der Waals surface area contributed by atoms with Crippen LogP contribution in [0, 0.1) is 0 Å². The fourth-order valence-electron chi connectivity index (χ4n) is 8.17. The van der Waals surface area contributed by atoms with Crippen LogP contribution in [-0.4, -0.2) is 37.2 Å². The monoisotopic (exact) mass is 925 g/mol. The van der Waals surface area contributed by atoms with E-state index in [-0.39, 0.29) is 31.1 Å². The first kappa shape index (κ1) is 63.4. The number of esters is 3. The van der Waals surface area contributed by atoms with Crippen LogP contribution in [0.2, 0.25) is 0 Å². The third-order valence-electron chi connectivity index (χ3n) is 12.6. The molecule has 0 aromatic heterocycles. The van der Waals surface area contributed by atoms with Crippen molar-refractivity contribution < 1.29 is 28.6 Å². The highest BCUT2D eigenvalue weighted by atomic mass is 16.6. The molecule has 384 valence electrons. The number of carbonyl (C=O) groups is 3. The predicted molar refractivity (Wildman–Crippen MR) is 284 cm³/mol. The number of allylic oxidation sites excluding steroid dienone is 8. The number of hydrogen-bond donors (Lipinski definition) is 0. The van der Waals surface area contributed by atoms with E-state index in [0.29, 0.717) is 19.3 Å². The van der Waals surface area contributed by atoms with Crippen LogP contribution in [0.1, 0.15) is 297 Å². The van der Waals surface area contributed by atoms with Gasteiger partial charge in [0.15, 0.2) is 6.10 Å². The summed E-state index contributed by atoms with van der Waals surface area (Å²) in [6.45, 7) is 6.58. The van der Waals surface area contributed by atoms with Gasteiger partial charge in [-0.1, -0.05) is 236 Å². The van der Waals surface area contributed by atoms with Gasteiger partial charge in [0.1, 0.15) is 13.2 Å². The van der Waals surface area contributed by atoms with Gasteiger partial charge in [0.05, 0.1) is 0 Å². The molecule has 0 saturated carbocycles. The van der Waals surface area contributed by atoms with Crippen LogP contribution in [0.5, 0.6) is 0 Å². The Bertz CT molecular complexity index is 1150. The first-order valence-corrected chi connectivity index (χ1v) is 28.7. The van der Waals surface area contributed by atoms with Crippen molar-refractivity contribution in [3.05, 3.63) is 48.6 Å². The summed E-state index contributed by atoms with van der Waals surface area (Å²) >= 11 is 0. The minimum absolute atomic E-state index is 0.0789. The van der Waals surface area contributed by atoms with Crippen LogP contribution in [0.4, 0.5) is 0 Å². The molecule has 0 aromatic carbocycles. The second kappa shape index (κ2) is 55.0. The fraction of sp³-hybridized carbons (Fsp3) is 0.817. The molecule has 1 unspecified atom stereocenters. The van der Waals surface area contributed by atoms with E-state index in [0.717, 1.165) is 77.0 Å². The molecule has 0 N–H and O–H groups in total. The third kappa shape index (κ3) is 52.3. The summed E-state index contributed by atoms with van der Waals surface area (Å²) in [5.41, 5.74) is 0. The lowest BCUT2D eigenvalue weighted by molar-refractivity contribution is -0.167. The molecule has 0 aliphatic carbocycles. The van der Waals surface area contributed by atoms with E-state index in [1.165, 1.54) is 180 Å². The maximum absolute atomic E-state index is 12.8. The van der Waals surface area contributed by atoms with E-state index in [1.807, 2.05) is 0 Å². The normalized spacial score (nSPS) is 12.3. The minimum Gasteiger partial charge on any atom is -0.462 e. The highest BCUT2D eigenvalue weighted by Gasteiger charge is 2.19. The summed E-state index contributed by atoms with van der Waals surface area (Å²) in [7, 11) is 0. The van der Waals surface area contributed by atoms with Gasteiger partial charge in [-0.15, -0.1) is 0 Å². The van der Waals surface area contributed by atoms with Crippen molar-refractivity contribution in [2.24, 2.45) is 0 Å². The van der Waals surface area contributed by atoms with Crippen molar-refractivity contribution >= 4 is 17.9 Å². The fourth-order valence-corrected chi connectivity index (χ4v) is 8.17. The van der Waals surface area contributed by atoms with Crippen LogP contribution >= 0.6 is 0 Å². The zero-order valence-corrected chi connectivity index (χ0v) is 44.0. The Kier molecular flexibility index (Phi) is 52.8. The molecule has 0 aliphatic rings. The number of carbonyl (C=O) groups excluding carboxylic acids is 3. The van der Waals surface area contributed by atoms with Crippen LogP contribution in [0.3, 0.4) is 0 Å². The Morgan fingerprint density at radius 3 is 0.924 bits per heavy atom. The summed E-state index contributed by atoms with van der Waals surface area (Å²) < 4.78 is 16.8. The standard InChI is InChI=1S/C60H108O6/c1-4-7-10-13-16-19-22-24-26-28-30-32-34-36-38-41-44-47-50-53-59(62)65-56-57(55-64-58(61)52-49-46-43-40-21-18-15-12-9-6-3)66-60(63)54-51-48-45-42-39-37-35-33-31-29-27-25-23-20-17-14-11-8-5-2/h15-16,18-19,22,24,29,31,57H,4-14,17,20-21,23,25-28,30,32-56H2,1-3H3/b18-15-,19-16-,24-22-,31-29-. The van der Waals surface area contributed by atoms with Gasteiger partial charge in [-0.2, -0.15) is 0 Å². The predicted octanol–water partition coefficient (Wildman–Crippen LogP) is 19.0. The Labute approximate surface area is 409 Å². The zero-order chi connectivity index (χ0) is 47.9.